The largest absolute Gasteiger partial charge is 0.396 e. The summed E-state index contributed by atoms with van der Waals surface area (Å²) in [6.45, 7) is 2.51. The molecule has 114 valence electrons. The first-order valence-electron chi connectivity index (χ1n) is 6.98. The van der Waals surface area contributed by atoms with Gasteiger partial charge in [-0.05, 0) is 43.4 Å². The number of nitrogens with zero attached hydrogens (tertiary/aromatic N) is 1. The number of carbonyl (C=O) groups is 2. The third-order valence-electron chi connectivity index (χ3n) is 3.69. The molecule has 0 aliphatic carbocycles. The Bertz CT molecular complexity index is 548. The monoisotopic (exact) mass is 294 g/mol. The van der Waals surface area contributed by atoms with Crippen LogP contribution in [0.2, 0.25) is 0 Å². The number of carbonyl (C=O) groups excluding carboxylic acids is 2. The lowest BCUT2D eigenvalue weighted by molar-refractivity contribution is -0.144. The van der Waals surface area contributed by atoms with E-state index in [0.29, 0.717) is 18.7 Å². The van der Waals surface area contributed by atoms with E-state index >= 15 is 0 Å². The molecule has 1 unspecified atom stereocenters. The summed E-state index contributed by atoms with van der Waals surface area (Å²) in [4.78, 5) is 25.4. The van der Waals surface area contributed by atoms with Gasteiger partial charge in [-0.2, -0.15) is 0 Å². The molecule has 1 saturated heterocycles. The van der Waals surface area contributed by atoms with Crippen molar-refractivity contribution in [3.63, 3.8) is 0 Å². The lowest BCUT2D eigenvalue weighted by Gasteiger charge is -2.31. The molecule has 1 fully saturated rings. The Morgan fingerprint density at radius 1 is 1.48 bits per heavy atom. The van der Waals surface area contributed by atoms with Gasteiger partial charge in [-0.15, -0.1) is 0 Å². The van der Waals surface area contributed by atoms with Gasteiger partial charge in [0.05, 0.1) is 0 Å². The fourth-order valence-corrected chi connectivity index (χ4v) is 2.40. The number of benzene rings is 1. The van der Waals surface area contributed by atoms with E-state index in [9.17, 15) is 14.0 Å². The van der Waals surface area contributed by atoms with Crippen LogP contribution in [0.5, 0.6) is 0 Å². The molecule has 0 aromatic heterocycles. The minimum absolute atomic E-state index is 0.00850. The molecule has 0 radical (unpaired) electrons. The first-order chi connectivity index (χ1) is 10.0. The molecule has 0 spiro atoms. The van der Waals surface area contributed by atoms with Crippen LogP contribution in [-0.2, 0) is 9.59 Å². The molecule has 6 heteroatoms. The summed E-state index contributed by atoms with van der Waals surface area (Å²) >= 11 is 0. The number of aliphatic hydroxyl groups excluding tert-OH is 1. The highest BCUT2D eigenvalue weighted by molar-refractivity contribution is 6.39. The fraction of sp³-hybridized carbons (Fsp3) is 0.467. The van der Waals surface area contributed by atoms with Crippen LogP contribution >= 0.6 is 0 Å². The topological polar surface area (TPSA) is 69.6 Å². The first-order valence-corrected chi connectivity index (χ1v) is 6.98. The predicted molar refractivity (Wildman–Crippen MR) is 76.2 cm³/mol. The van der Waals surface area contributed by atoms with Gasteiger partial charge in [0.2, 0.25) is 0 Å². The molecule has 2 amide bonds. The smallest absolute Gasteiger partial charge is 0.313 e. The molecule has 2 N–H and O–H groups in total. The minimum atomic E-state index is -0.781. The molecule has 0 saturated carbocycles. The first kappa shape index (κ1) is 15.4. The number of halogens is 1. The number of hydrogen-bond donors (Lipinski definition) is 2. The van der Waals surface area contributed by atoms with Crippen molar-refractivity contribution in [3.8, 4) is 0 Å². The van der Waals surface area contributed by atoms with Crippen LogP contribution in [0.1, 0.15) is 18.4 Å². The molecule has 1 heterocycles. The van der Waals surface area contributed by atoms with Gasteiger partial charge in [0, 0.05) is 25.4 Å². The highest BCUT2D eigenvalue weighted by Crippen LogP contribution is 2.17. The summed E-state index contributed by atoms with van der Waals surface area (Å²) in [5, 5.41) is 11.5. The van der Waals surface area contributed by atoms with E-state index in [4.69, 9.17) is 5.11 Å². The summed E-state index contributed by atoms with van der Waals surface area (Å²) in [7, 11) is 0. The SMILES string of the molecule is Cc1ccc(NC(=O)C(=O)N2CCCC(CO)C2)cc1F. The van der Waals surface area contributed by atoms with Crippen molar-refractivity contribution < 1.29 is 19.1 Å². The maximum absolute atomic E-state index is 13.4. The van der Waals surface area contributed by atoms with Crippen molar-refractivity contribution in [3.05, 3.63) is 29.6 Å². The van der Waals surface area contributed by atoms with E-state index in [1.54, 1.807) is 13.0 Å². The lowest BCUT2D eigenvalue weighted by atomic mass is 9.99. The van der Waals surface area contributed by atoms with Gasteiger partial charge in [0.25, 0.3) is 0 Å². The number of piperidine rings is 1. The Hall–Kier alpha value is -1.95. The van der Waals surface area contributed by atoms with Gasteiger partial charge in [-0.3, -0.25) is 9.59 Å². The third kappa shape index (κ3) is 3.78. The molecule has 1 aromatic carbocycles. The van der Waals surface area contributed by atoms with Crippen LogP contribution < -0.4 is 5.32 Å². The number of likely N-dealkylation sites (tertiary alicyclic amines) is 1. The number of nitrogens with one attached hydrogen (secondary N) is 1. The van der Waals surface area contributed by atoms with Crippen LogP contribution in [-0.4, -0.2) is 41.5 Å². The molecule has 5 nitrogen and oxygen atoms in total. The summed E-state index contributed by atoms with van der Waals surface area (Å²) < 4.78 is 13.4. The van der Waals surface area contributed by atoms with Crippen LogP contribution in [0.15, 0.2) is 18.2 Å². The third-order valence-corrected chi connectivity index (χ3v) is 3.69. The summed E-state index contributed by atoms with van der Waals surface area (Å²) in [6, 6.07) is 4.28. The quantitative estimate of drug-likeness (QED) is 0.808. The molecule has 1 aromatic rings. The van der Waals surface area contributed by atoms with Gasteiger partial charge in [-0.1, -0.05) is 6.07 Å². The van der Waals surface area contributed by atoms with Gasteiger partial charge >= 0.3 is 11.8 Å². The Balaban J connectivity index is 1.99. The maximum Gasteiger partial charge on any atom is 0.313 e. The number of hydrogen-bond acceptors (Lipinski definition) is 3. The summed E-state index contributed by atoms with van der Waals surface area (Å²) in [6.07, 6.45) is 1.62. The van der Waals surface area contributed by atoms with Crippen molar-refractivity contribution in [2.75, 3.05) is 25.0 Å². The van der Waals surface area contributed by atoms with Crippen molar-refractivity contribution in [1.29, 1.82) is 0 Å². The second-order valence-electron chi connectivity index (χ2n) is 5.36. The number of rotatable bonds is 2. The average molecular weight is 294 g/mol. The van der Waals surface area contributed by atoms with E-state index in [1.165, 1.54) is 17.0 Å². The van der Waals surface area contributed by atoms with Gasteiger partial charge in [0.1, 0.15) is 5.82 Å². The average Bonchev–Trinajstić information content (AvgIpc) is 2.50. The van der Waals surface area contributed by atoms with Crippen LogP contribution in [0.4, 0.5) is 10.1 Å². The van der Waals surface area contributed by atoms with Crippen LogP contribution in [0, 0.1) is 18.7 Å². The molecular formula is C15H19FN2O3. The fourth-order valence-electron chi connectivity index (χ4n) is 2.40. The number of aryl methyl sites for hydroxylation is 1. The van der Waals surface area contributed by atoms with Crippen molar-refractivity contribution in [2.24, 2.45) is 5.92 Å². The Morgan fingerprint density at radius 2 is 2.24 bits per heavy atom. The second kappa shape index (κ2) is 6.67. The molecule has 1 aliphatic heterocycles. The second-order valence-corrected chi connectivity index (χ2v) is 5.36. The van der Waals surface area contributed by atoms with Gasteiger partial charge in [-0.25, -0.2) is 4.39 Å². The Labute approximate surface area is 122 Å². The summed E-state index contributed by atoms with van der Waals surface area (Å²) in [5.41, 5.74) is 0.730. The van der Waals surface area contributed by atoms with Gasteiger partial charge in [0.15, 0.2) is 0 Å². The summed E-state index contributed by atoms with van der Waals surface area (Å²) in [5.74, 6) is -1.84. The highest BCUT2D eigenvalue weighted by atomic mass is 19.1. The van der Waals surface area contributed by atoms with E-state index in [-0.39, 0.29) is 18.2 Å². The molecule has 0 bridgehead atoms. The van der Waals surface area contributed by atoms with Crippen molar-refractivity contribution >= 4 is 17.5 Å². The minimum Gasteiger partial charge on any atom is -0.396 e. The predicted octanol–water partition coefficient (Wildman–Crippen LogP) is 1.30. The van der Waals surface area contributed by atoms with Crippen LogP contribution in [0.3, 0.4) is 0 Å². The standard InChI is InChI=1S/C15H19FN2O3/c1-10-4-5-12(7-13(10)16)17-14(20)15(21)18-6-2-3-11(8-18)9-19/h4-5,7,11,19H,2-3,6,8-9H2,1H3,(H,17,20). The van der Waals surface area contributed by atoms with Crippen molar-refractivity contribution in [1.82, 2.24) is 4.90 Å². The zero-order chi connectivity index (χ0) is 15.4. The molecule has 2 rings (SSSR count). The zero-order valence-electron chi connectivity index (χ0n) is 11.9. The van der Waals surface area contributed by atoms with E-state index in [1.807, 2.05) is 0 Å². The Morgan fingerprint density at radius 3 is 2.90 bits per heavy atom. The number of amides is 2. The lowest BCUT2D eigenvalue weighted by Crippen LogP contribution is -2.45. The molecule has 1 atom stereocenters. The van der Waals surface area contributed by atoms with E-state index < -0.39 is 17.6 Å². The maximum atomic E-state index is 13.4. The molecule has 21 heavy (non-hydrogen) atoms. The number of anilines is 1. The van der Waals surface area contributed by atoms with Crippen LogP contribution in [0.25, 0.3) is 0 Å². The normalized spacial score (nSPS) is 18.4. The van der Waals surface area contributed by atoms with E-state index in [2.05, 4.69) is 5.32 Å². The number of aliphatic hydroxyl groups is 1. The Kier molecular flexibility index (Phi) is 4.90. The molecule has 1 aliphatic rings. The zero-order valence-corrected chi connectivity index (χ0v) is 11.9. The van der Waals surface area contributed by atoms with Crippen molar-refractivity contribution in [2.45, 2.75) is 19.8 Å². The van der Waals surface area contributed by atoms with E-state index in [0.717, 1.165) is 12.8 Å². The molecular weight excluding hydrogens is 275 g/mol. The van der Waals surface area contributed by atoms with Gasteiger partial charge < -0.3 is 15.3 Å². The highest BCUT2D eigenvalue weighted by Gasteiger charge is 2.27.